The van der Waals surface area contributed by atoms with Gasteiger partial charge in [-0.15, -0.1) is 0 Å². The van der Waals surface area contributed by atoms with Gasteiger partial charge in [0.2, 0.25) is 0 Å². The van der Waals surface area contributed by atoms with Crippen molar-refractivity contribution in [2.45, 2.75) is 0 Å². The van der Waals surface area contributed by atoms with E-state index < -0.39 is 0 Å². The van der Waals surface area contributed by atoms with Crippen LogP contribution in [-0.4, -0.2) is 4.98 Å². The second-order valence-corrected chi connectivity index (χ2v) is 5.88. The number of H-pyrrole nitrogens is 1. The zero-order valence-electron chi connectivity index (χ0n) is 11.0. The van der Waals surface area contributed by atoms with Gasteiger partial charge in [-0.25, -0.2) is 0 Å². The highest BCUT2D eigenvalue weighted by Crippen LogP contribution is 2.33. The molecule has 0 fully saturated rings. The fraction of sp³-hybridized carbons (Fsp3) is 0. The van der Waals surface area contributed by atoms with E-state index in [1.807, 2.05) is 12.1 Å². The molecule has 0 aliphatic rings. The van der Waals surface area contributed by atoms with Crippen molar-refractivity contribution in [1.82, 2.24) is 4.98 Å². The van der Waals surface area contributed by atoms with Crippen molar-refractivity contribution in [2.75, 3.05) is 0 Å². The summed E-state index contributed by atoms with van der Waals surface area (Å²) in [5.74, 6) is 0. The summed E-state index contributed by atoms with van der Waals surface area (Å²) in [5, 5.41) is 4.66. The molecule has 3 aromatic carbocycles. The van der Waals surface area contributed by atoms with Gasteiger partial charge in [-0.05, 0) is 29.0 Å². The third kappa shape index (κ3) is 2.10. The predicted molar refractivity (Wildman–Crippen MR) is 91.3 cm³/mol. The zero-order valence-corrected chi connectivity index (χ0v) is 12.5. The van der Waals surface area contributed by atoms with E-state index in [2.05, 4.69) is 53.5 Å². The second kappa shape index (κ2) is 4.80. The van der Waals surface area contributed by atoms with Gasteiger partial charge in [-0.3, -0.25) is 0 Å². The Balaban J connectivity index is 2.00. The standard InChI is InChI=1S/C18H11Cl2N/c19-15-8-12-9-18(21-17(12)10-16(15)20)14-7-3-5-11-4-1-2-6-13(11)14/h1-10,21H. The third-order valence-corrected chi connectivity index (χ3v) is 4.46. The zero-order chi connectivity index (χ0) is 14.4. The smallest absolute Gasteiger partial charge is 0.0613 e. The van der Waals surface area contributed by atoms with Crippen molar-refractivity contribution in [1.29, 1.82) is 0 Å². The molecule has 0 saturated carbocycles. The van der Waals surface area contributed by atoms with E-state index in [1.165, 1.54) is 16.3 Å². The summed E-state index contributed by atoms with van der Waals surface area (Å²) in [5.41, 5.74) is 3.24. The van der Waals surface area contributed by atoms with Crippen molar-refractivity contribution >= 4 is 44.9 Å². The molecular formula is C18H11Cl2N. The Labute approximate surface area is 132 Å². The molecule has 21 heavy (non-hydrogen) atoms. The molecule has 4 aromatic rings. The first-order chi connectivity index (χ1) is 10.2. The Morgan fingerprint density at radius 1 is 0.714 bits per heavy atom. The van der Waals surface area contributed by atoms with Gasteiger partial charge in [0.05, 0.1) is 10.0 Å². The average Bonchev–Trinajstić information content (AvgIpc) is 2.90. The molecular weight excluding hydrogens is 301 g/mol. The fourth-order valence-corrected chi connectivity index (χ4v) is 3.07. The summed E-state index contributed by atoms with van der Waals surface area (Å²) in [6.07, 6.45) is 0. The quantitative estimate of drug-likeness (QED) is 0.425. The molecule has 1 nitrogen and oxygen atoms in total. The van der Waals surface area contributed by atoms with Crippen molar-refractivity contribution in [3.8, 4) is 11.3 Å². The molecule has 1 aromatic heterocycles. The summed E-state index contributed by atoms with van der Waals surface area (Å²) < 4.78 is 0. The summed E-state index contributed by atoms with van der Waals surface area (Å²) in [4.78, 5) is 3.43. The van der Waals surface area contributed by atoms with E-state index in [-0.39, 0.29) is 0 Å². The maximum absolute atomic E-state index is 6.09. The minimum Gasteiger partial charge on any atom is -0.354 e. The molecule has 0 spiro atoms. The van der Waals surface area contributed by atoms with Gasteiger partial charge in [0, 0.05) is 22.2 Å². The molecule has 1 N–H and O–H groups in total. The number of aromatic nitrogens is 1. The minimum absolute atomic E-state index is 0.565. The SMILES string of the molecule is Clc1cc2cc(-c3cccc4ccccc34)[nH]c2cc1Cl. The maximum Gasteiger partial charge on any atom is 0.0613 e. The number of nitrogens with one attached hydrogen (secondary N) is 1. The van der Waals surface area contributed by atoms with Crippen LogP contribution < -0.4 is 0 Å². The van der Waals surface area contributed by atoms with Crippen LogP contribution in [0.4, 0.5) is 0 Å². The van der Waals surface area contributed by atoms with E-state index >= 15 is 0 Å². The first kappa shape index (κ1) is 12.8. The van der Waals surface area contributed by atoms with E-state index in [9.17, 15) is 0 Å². The molecule has 0 amide bonds. The lowest BCUT2D eigenvalue weighted by Gasteiger charge is -2.04. The molecule has 0 aliphatic carbocycles. The number of aromatic amines is 1. The minimum atomic E-state index is 0.565. The molecule has 0 radical (unpaired) electrons. The van der Waals surface area contributed by atoms with E-state index in [0.717, 1.165) is 16.6 Å². The van der Waals surface area contributed by atoms with Gasteiger partial charge in [0.15, 0.2) is 0 Å². The Morgan fingerprint density at radius 3 is 2.38 bits per heavy atom. The largest absolute Gasteiger partial charge is 0.354 e. The van der Waals surface area contributed by atoms with Crippen LogP contribution in [0.15, 0.2) is 60.7 Å². The van der Waals surface area contributed by atoms with Crippen LogP contribution in [0.1, 0.15) is 0 Å². The highest BCUT2D eigenvalue weighted by Gasteiger charge is 2.08. The first-order valence-electron chi connectivity index (χ1n) is 6.68. The molecule has 0 aliphatic heterocycles. The highest BCUT2D eigenvalue weighted by molar-refractivity contribution is 6.42. The number of halogens is 2. The molecule has 1 heterocycles. The van der Waals surface area contributed by atoms with Crippen molar-refractivity contribution in [3.05, 3.63) is 70.7 Å². The number of benzene rings is 3. The van der Waals surface area contributed by atoms with Crippen LogP contribution in [0.3, 0.4) is 0 Å². The van der Waals surface area contributed by atoms with Gasteiger partial charge < -0.3 is 4.98 Å². The van der Waals surface area contributed by atoms with Crippen LogP contribution in [0.25, 0.3) is 32.9 Å². The van der Waals surface area contributed by atoms with E-state index in [4.69, 9.17) is 23.2 Å². The topological polar surface area (TPSA) is 15.8 Å². The summed E-state index contributed by atoms with van der Waals surface area (Å²) in [6, 6.07) is 20.6. The monoisotopic (exact) mass is 311 g/mol. The van der Waals surface area contributed by atoms with Crippen molar-refractivity contribution in [2.24, 2.45) is 0 Å². The summed E-state index contributed by atoms with van der Waals surface area (Å²) in [6.45, 7) is 0. The Bertz CT molecular complexity index is 925. The van der Waals surface area contributed by atoms with Gasteiger partial charge in [0.25, 0.3) is 0 Å². The number of hydrogen-bond donors (Lipinski definition) is 1. The summed E-state index contributed by atoms with van der Waals surface area (Å²) >= 11 is 12.2. The first-order valence-corrected chi connectivity index (χ1v) is 7.44. The lowest BCUT2D eigenvalue weighted by atomic mass is 10.0. The Morgan fingerprint density at radius 2 is 1.48 bits per heavy atom. The number of fused-ring (bicyclic) bond motifs is 2. The Kier molecular flexibility index (Phi) is 2.91. The van der Waals surface area contributed by atoms with Crippen LogP contribution in [-0.2, 0) is 0 Å². The lowest BCUT2D eigenvalue weighted by Crippen LogP contribution is -1.80. The normalized spacial score (nSPS) is 11.3. The average molecular weight is 312 g/mol. The van der Waals surface area contributed by atoms with Gasteiger partial charge in [-0.2, -0.15) is 0 Å². The van der Waals surface area contributed by atoms with E-state index in [0.29, 0.717) is 10.0 Å². The van der Waals surface area contributed by atoms with Crippen molar-refractivity contribution < 1.29 is 0 Å². The molecule has 102 valence electrons. The molecule has 0 bridgehead atoms. The molecule has 0 atom stereocenters. The maximum atomic E-state index is 6.09. The van der Waals surface area contributed by atoms with Gasteiger partial charge in [0.1, 0.15) is 0 Å². The molecule has 4 rings (SSSR count). The second-order valence-electron chi connectivity index (χ2n) is 5.06. The van der Waals surface area contributed by atoms with Crippen LogP contribution in [0, 0.1) is 0 Å². The molecule has 0 unspecified atom stereocenters. The molecule has 0 saturated heterocycles. The van der Waals surface area contributed by atoms with Crippen LogP contribution >= 0.6 is 23.2 Å². The number of rotatable bonds is 1. The third-order valence-electron chi connectivity index (χ3n) is 3.74. The predicted octanol–water partition coefficient (Wildman–Crippen LogP) is 6.29. The van der Waals surface area contributed by atoms with Crippen molar-refractivity contribution in [3.63, 3.8) is 0 Å². The fourth-order valence-electron chi connectivity index (χ4n) is 2.73. The lowest BCUT2D eigenvalue weighted by molar-refractivity contribution is 1.47. The van der Waals surface area contributed by atoms with Gasteiger partial charge in [-0.1, -0.05) is 65.7 Å². The molecule has 3 heteroatoms. The summed E-state index contributed by atoms with van der Waals surface area (Å²) in [7, 11) is 0. The Hall–Kier alpha value is -1.96. The van der Waals surface area contributed by atoms with Gasteiger partial charge >= 0.3 is 0 Å². The number of hydrogen-bond acceptors (Lipinski definition) is 0. The van der Waals surface area contributed by atoms with E-state index in [1.54, 1.807) is 0 Å². The van der Waals surface area contributed by atoms with Crippen LogP contribution in [0.2, 0.25) is 10.0 Å². The van der Waals surface area contributed by atoms with Crippen LogP contribution in [0.5, 0.6) is 0 Å². The highest BCUT2D eigenvalue weighted by atomic mass is 35.5.